The fraction of sp³-hybridized carbons (Fsp3) is 0.0714. The molecule has 0 radical (unpaired) electrons. The molecule has 84 valence electrons. The highest BCUT2D eigenvalue weighted by atomic mass is 35.5. The third-order valence-corrected chi connectivity index (χ3v) is 3.23. The Kier molecular flexibility index (Phi) is 2.37. The van der Waals surface area contributed by atoms with Crippen LogP contribution in [0.25, 0.3) is 5.70 Å². The maximum Gasteiger partial charge on any atom is 0.235 e. The van der Waals surface area contributed by atoms with Crippen LogP contribution in [0.4, 0.5) is 0 Å². The van der Waals surface area contributed by atoms with Crippen molar-refractivity contribution < 1.29 is 4.79 Å². The Morgan fingerprint density at radius 3 is 2.65 bits per heavy atom. The van der Waals surface area contributed by atoms with Gasteiger partial charge in [0, 0.05) is 5.02 Å². The van der Waals surface area contributed by atoms with E-state index in [-0.39, 0.29) is 11.8 Å². The number of halogens is 1. The molecular weight excluding hydrogens is 234 g/mol. The molecule has 2 nitrogen and oxygen atoms in total. The Morgan fingerprint density at radius 1 is 1.12 bits per heavy atom. The van der Waals surface area contributed by atoms with E-state index in [4.69, 9.17) is 11.6 Å². The lowest BCUT2D eigenvalue weighted by atomic mass is 9.94. The van der Waals surface area contributed by atoms with Gasteiger partial charge in [0.1, 0.15) is 0 Å². The third kappa shape index (κ3) is 1.71. The minimum Gasteiger partial charge on any atom is -0.324 e. The van der Waals surface area contributed by atoms with Crippen molar-refractivity contribution in [3.05, 3.63) is 64.7 Å². The minimum atomic E-state index is -0.148. The molecule has 1 amide bonds. The second kappa shape index (κ2) is 3.90. The highest BCUT2D eigenvalue weighted by Crippen LogP contribution is 2.32. The zero-order chi connectivity index (χ0) is 11.8. The molecule has 0 saturated carbocycles. The number of hydrogen-bond acceptors (Lipinski definition) is 1. The monoisotopic (exact) mass is 243 g/mol. The summed E-state index contributed by atoms with van der Waals surface area (Å²) in [6, 6.07) is 7.48. The zero-order valence-corrected chi connectivity index (χ0v) is 9.74. The van der Waals surface area contributed by atoms with Gasteiger partial charge in [0.2, 0.25) is 5.91 Å². The molecule has 1 aromatic rings. The fourth-order valence-electron chi connectivity index (χ4n) is 2.14. The summed E-state index contributed by atoms with van der Waals surface area (Å²) in [5, 5.41) is 3.62. The summed E-state index contributed by atoms with van der Waals surface area (Å²) in [6.07, 6.45) is 7.74. The van der Waals surface area contributed by atoms with Gasteiger partial charge in [-0.25, -0.2) is 0 Å². The van der Waals surface area contributed by atoms with E-state index in [0.29, 0.717) is 5.02 Å². The second-order valence-electron chi connectivity index (χ2n) is 4.05. The molecule has 3 rings (SSSR count). The number of carbonyl (C=O) groups is 1. The summed E-state index contributed by atoms with van der Waals surface area (Å²) >= 11 is 5.86. The molecule has 3 heteroatoms. The fourth-order valence-corrected chi connectivity index (χ4v) is 2.26. The van der Waals surface area contributed by atoms with Gasteiger partial charge in [0.25, 0.3) is 0 Å². The molecule has 1 aliphatic carbocycles. The summed E-state index contributed by atoms with van der Waals surface area (Å²) in [5.74, 6) is -0.115. The molecule has 1 unspecified atom stereocenters. The molecule has 1 N–H and O–H groups in total. The van der Waals surface area contributed by atoms with Gasteiger partial charge in [-0.3, -0.25) is 4.79 Å². The first-order valence-electron chi connectivity index (χ1n) is 5.41. The summed E-state index contributed by atoms with van der Waals surface area (Å²) in [5.41, 5.74) is 2.90. The van der Waals surface area contributed by atoms with E-state index in [1.807, 2.05) is 48.6 Å². The van der Waals surface area contributed by atoms with Crippen LogP contribution in [0.15, 0.2) is 54.1 Å². The molecule has 17 heavy (non-hydrogen) atoms. The lowest BCUT2D eigenvalue weighted by Crippen LogP contribution is -2.20. The smallest absolute Gasteiger partial charge is 0.235 e. The predicted octanol–water partition coefficient (Wildman–Crippen LogP) is 2.92. The maximum absolute atomic E-state index is 11.8. The molecule has 0 spiro atoms. The molecular formula is C14H10ClNO. The number of carbonyl (C=O) groups excluding carboxylic acids is 1. The average molecular weight is 244 g/mol. The number of allylic oxidation sites excluding steroid dienone is 3. The van der Waals surface area contributed by atoms with Crippen LogP contribution in [0.1, 0.15) is 5.56 Å². The van der Waals surface area contributed by atoms with Crippen LogP contribution in [-0.2, 0) is 4.79 Å². The van der Waals surface area contributed by atoms with Gasteiger partial charge in [0.15, 0.2) is 0 Å². The number of nitrogens with one attached hydrogen (secondary N) is 1. The standard InChI is InChI=1S/C14H10ClNO/c15-10-7-5-9(6-8-10)13-11-3-1-2-4-12(11)14(17)16-13/h1-8,12H,(H,16,17). The first-order valence-corrected chi connectivity index (χ1v) is 5.79. The van der Waals surface area contributed by atoms with E-state index in [0.717, 1.165) is 16.8 Å². The molecule has 1 heterocycles. The summed E-state index contributed by atoms with van der Waals surface area (Å²) in [4.78, 5) is 11.8. The molecule has 0 bridgehead atoms. The predicted molar refractivity (Wildman–Crippen MR) is 68.3 cm³/mol. The van der Waals surface area contributed by atoms with Gasteiger partial charge >= 0.3 is 0 Å². The molecule has 1 atom stereocenters. The molecule has 0 fully saturated rings. The van der Waals surface area contributed by atoms with E-state index in [9.17, 15) is 4.79 Å². The lowest BCUT2D eigenvalue weighted by Gasteiger charge is -2.07. The first kappa shape index (κ1) is 10.4. The van der Waals surface area contributed by atoms with E-state index in [1.54, 1.807) is 0 Å². The SMILES string of the molecule is O=C1NC(c2ccc(Cl)cc2)=C2C=CC=CC12. The number of rotatable bonds is 1. The van der Waals surface area contributed by atoms with Crippen LogP contribution in [0, 0.1) is 5.92 Å². The van der Waals surface area contributed by atoms with Crippen molar-refractivity contribution in [2.75, 3.05) is 0 Å². The van der Waals surface area contributed by atoms with E-state index in [1.165, 1.54) is 0 Å². The maximum atomic E-state index is 11.8. The lowest BCUT2D eigenvalue weighted by molar-refractivity contribution is -0.120. The minimum absolute atomic E-state index is 0.0329. The van der Waals surface area contributed by atoms with E-state index < -0.39 is 0 Å². The van der Waals surface area contributed by atoms with E-state index >= 15 is 0 Å². The Bertz CT molecular complexity index is 566. The molecule has 0 aromatic heterocycles. The topological polar surface area (TPSA) is 29.1 Å². The van der Waals surface area contributed by atoms with Gasteiger partial charge < -0.3 is 5.32 Å². The quantitative estimate of drug-likeness (QED) is 0.807. The molecule has 2 aliphatic rings. The van der Waals surface area contributed by atoms with Gasteiger partial charge in [-0.2, -0.15) is 0 Å². The Balaban J connectivity index is 2.08. The normalized spacial score (nSPS) is 21.7. The number of fused-ring (bicyclic) bond motifs is 1. The number of amides is 1. The van der Waals surface area contributed by atoms with Crippen molar-refractivity contribution in [2.24, 2.45) is 5.92 Å². The van der Waals surface area contributed by atoms with Crippen LogP contribution in [0.2, 0.25) is 5.02 Å². The van der Waals surface area contributed by atoms with Gasteiger partial charge in [-0.15, -0.1) is 0 Å². The van der Waals surface area contributed by atoms with Crippen molar-refractivity contribution in [3.8, 4) is 0 Å². The van der Waals surface area contributed by atoms with Crippen molar-refractivity contribution in [3.63, 3.8) is 0 Å². The van der Waals surface area contributed by atoms with Crippen molar-refractivity contribution in [1.82, 2.24) is 5.32 Å². The summed E-state index contributed by atoms with van der Waals surface area (Å²) in [6.45, 7) is 0. The van der Waals surface area contributed by atoms with Crippen molar-refractivity contribution in [2.45, 2.75) is 0 Å². The van der Waals surface area contributed by atoms with Crippen LogP contribution in [-0.4, -0.2) is 5.91 Å². The molecule has 0 saturated heterocycles. The average Bonchev–Trinajstić information content (AvgIpc) is 2.69. The van der Waals surface area contributed by atoms with Gasteiger partial charge in [0.05, 0.1) is 11.6 Å². The highest BCUT2D eigenvalue weighted by molar-refractivity contribution is 6.30. The molecule has 1 aliphatic heterocycles. The highest BCUT2D eigenvalue weighted by Gasteiger charge is 2.31. The summed E-state index contributed by atoms with van der Waals surface area (Å²) in [7, 11) is 0. The number of benzene rings is 1. The third-order valence-electron chi connectivity index (χ3n) is 2.98. The van der Waals surface area contributed by atoms with Crippen molar-refractivity contribution in [1.29, 1.82) is 0 Å². The van der Waals surface area contributed by atoms with Gasteiger partial charge in [-0.1, -0.05) is 48.0 Å². The van der Waals surface area contributed by atoms with Crippen LogP contribution < -0.4 is 5.32 Å². The summed E-state index contributed by atoms with van der Waals surface area (Å²) < 4.78 is 0. The largest absolute Gasteiger partial charge is 0.324 e. The second-order valence-corrected chi connectivity index (χ2v) is 4.48. The zero-order valence-electron chi connectivity index (χ0n) is 8.98. The Hall–Kier alpha value is -1.80. The number of hydrogen-bond donors (Lipinski definition) is 1. The Morgan fingerprint density at radius 2 is 1.88 bits per heavy atom. The first-order chi connectivity index (χ1) is 8.25. The van der Waals surface area contributed by atoms with Crippen molar-refractivity contribution >= 4 is 23.2 Å². The van der Waals surface area contributed by atoms with Gasteiger partial charge in [-0.05, 0) is 23.3 Å². The van der Waals surface area contributed by atoms with Crippen LogP contribution in [0.3, 0.4) is 0 Å². The Labute approximate surface area is 104 Å². The van der Waals surface area contributed by atoms with Crippen LogP contribution in [0.5, 0.6) is 0 Å². The van der Waals surface area contributed by atoms with Crippen LogP contribution >= 0.6 is 11.6 Å². The van der Waals surface area contributed by atoms with E-state index in [2.05, 4.69) is 5.32 Å². The molecule has 1 aromatic carbocycles.